The van der Waals surface area contributed by atoms with Gasteiger partial charge in [-0.2, -0.15) is 5.10 Å². The van der Waals surface area contributed by atoms with Gasteiger partial charge in [-0.1, -0.05) is 75.4 Å². The first-order valence-electron chi connectivity index (χ1n) is 34.4. The van der Waals surface area contributed by atoms with Crippen molar-refractivity contribution in [3.05, 3.63) is 130 Å². The smallest absolute Gasteiger partial charge is 0.410 e. The maximum absolute atomic E-state index is 14.5. The van der Waals surface area contributed by atoms with Gasteiger partial charge in [0.1, 0.15) is 55.2 Å². The molecule has 6 aromatic rings. The zero-order valence-electron chi connectivity index (χ0n) is 58.0. The standard InChI is InChI=1S/C73H89N9O20S/c1-41-47(45-18-19-54(77-58(45)65(94)95)80-25-22-43-12-10-13-46(48(43)31-80)64(93)78-68-76-49-14-6-7-15-53(49)103-68)30-75-82(41)40-72(5)37-71(4)35-70(2,3)36-73(38-71,39-72)100-28-27-79(26-23-50(84)59(89)51(85)33-83)69(98)99-34-44-17-16-42(11-8-9-24-74-55(86)32-81-56(87)20-21-57(81)88)29-52(44)101-67-62(92)60(90)61(91)63(102-67)66(96)97/h6-7,10,12-21,29-30,50-51,59-63,67,83-85,89-92H,8-9,11,22-28,31-40H2,1-5H3,(H,74,86)(H,94,95)(H,96,97)(H,76,78,93)/t50-,51-,59+,60+,61+,62-,63+,67-,71?,72?,73?/m1/s1. The lowest BCUT2D eigenvalue weighted by Crippen LogP contribution is -2.61. The molecule has 5 aliphatic rings. The van der Waals surface area contributed by atoms with Crippen LogP contribution in [0.25, 0.3) is 21.3 Å². The highest BCUT2D eigenvalue weighted by Gasteiger charge is 2.58. The van der Waals surface area contributed by atoms with Gasteiger partial charge in [0, 0.05) is 79.4 Å². The average Bonchev–Trinajstić information content (AvgIpc) is 1.71. The Labute approximate surface area is 597 Å². The summed E-state index contributed by atoms with van der Waals surface area (Å²) in [6.07, 6.45) is -6.93. The molecule has 103 heavy (non-hydrogen) atoms. The summed E-state index contributed by atoms with van der Waals surface area (Å²) in [6, 6.07) is 21.6. The number of carbonyl (C=O) groups is 7. The Bertz CT molecular complexity index is 4150. The second-order valence-corrected chi connectivity index (χ2v) is 30.3. The number of hydrogen-bond acceptors (Lipinski definition) is 23. The Balaban J connectivity index is 0.778. The lowest BCUT2D eigenvalue weighted by molar-refractivity contribution is -0.271. The van der Waals surface area contributed by atoms with E-state index in [1.807, 2.05) is 52.9 Å². The third-order valence-corrected chi connectivity index (χ3v) is 21.0. The molecule has 0 spiro atoms. The topological polar surface area (TPSA) is 416 Å². The van der Waals surface area contributed by atoms with Crippen molar-refractivity contribution in [1.29, 1.82) is 0 Å². The summed E-state index contributed by atoms with van der Waals surface area (Å²) in [6.45, 7) is 10.0. The number of rotatable bonds is 29. The maximum atomic E-state index is 14.5. The number of aryl methyl sites for hydroxylation is 1. The number of carbonyl (C=O) groups excluding carboxylic acids is 5. The van der Waals surface area contributed by atoms with Crippen LogP contribution in [-0.2, 0) is 65.9 Å². The van der Waals surface area contributed by atoms with Crippen molar-refractivity contribution >= 4 is 74.2 Å². The number of aromatic nitrogens is 4. The molecular weight excluding hydrogens is 1350 g/mol. The monoisotopic (exact) mass is 1440 g/mol. The van der Waals surface area contributed by atoms with E-state index in [1.165, 1.54) is 22.3 Å². The number of fused-ring (bicyclic) bond motifs is 4. The lowest BCUT2D eigenvalue weighted by Gasteiger charge is -2.61. The average molecular weight is 1440 g/mol. The first kappa shape index (κ1) is 75.3. The van der Waals surface area contributed by atoms with E-state index < -0.39 is 116 Å². The van der Waals surface area contributed by atoms with Crippen molar-refractivity contribution in [3.63, 3.8) is 0 Å². The Morgan fingerprint density at radius 3 is 2.34 bits per heavy atom. The number of thiazole rings is 1. The van der Waals surface area contributed by atoms with Gasteiger partial charge < -0.3 is 80.0 Å². The Hall–Kier alpha value is -8.82. The van der Waals surface area contributed by atoms with E-state index in [-0.39, 0.29) is 66.4 Å². The van der Waals surface area contributed by atoms with Crippen LogP contribution in [0.5, 0.6) is 5.75 Å². The highest BCUT2D eigenvalue weighted by atomic mass is 32.1. The number of pyridine rings is 1. The number of amides is 5. The Morgan fingerprint density at radius 1 is 0.835 bits per heavy atom. The molecule has 1 saturated heterocycles. The van der Waals surface area contributed by atoms with E-state index >= 15 is 0 Å². The van der Waals surface area contributed by atoms with E-state index in [0.29, 0.717) is 97.8 Å². The van der Waals surface area contributed by atoms with Crippen molar-refractivity contribution in [1.82, 2.24) is 34.9 Å². The van der Waals surface area contributed by atoms with Crippen molar-refractivity contribution in [3.8, 4) is 16.9 Å². The van der Waals surface area contributed by atoms with Gasteiger partial charge in [-0.3, -0.25) is 34.1 Å². The summed E-state index contributed by atoms with van der Waals surface area (Å²) >= 11 is 1.39. The van der Waals surface area contributed by atoms with E-state index in [2.05, 4.69) is 43.3 Å². The molecule has 30 heteroatoms. The van der Waals surface area contributed by atoms with Gasteiger partial charge >= 0.3 is 18.0 Å². The number of carboxylic acid groups (broad SMARTS) is 2. The molecule has 2 aliphatic carbocycles. The SMILES string of the molecule is Cc1c(-c2ccc(N3CCc4cccc(C(=O)Nc5nc6ccccc6s5)c4C3)nc2C(=O)O)cnn1CC1(C)CC2(C)CC(C)(C)CC(OCCN(CC[C@@H](O)[C@H](O)[C@H](O)CO)C(=O)OCc3ccc(CCCCNC(=O)CN4C(=O)C=CC4=O)cc3O[C@@H]3O[C@H](C(=O)O)[C@@H](O)[C@H](O)[C@H]3O)(C1)C2. The third-order valence-electron chi connectivity index (χ3n) is 20.1. The van der Waals surface area contributed by atoms with E-state index in [9.17, 15) is 79.5 Å². The molecular formula is C73H89N9O20S. The highest BCUT2D eigenvalue weighted by Crippen LogP contribution is 2.63. The minimum atomic E-state index is -2.03. The summed E-state index contributed by atoms with van der Waals surface area (Å²) < 4.78 is 27.4. The first-order valence-corrected chi connectivity index (χ1v) is 35.3. The number of ether oxygens (including phenoxy) is 4. The molecule has 552 valence electrons. The van der Waals surface area contributed by atoms with Gasteiger partial charge in [0.15, 0.2) is 16.9 Å². The van der Waals surface area contributed by atoms with Gasteiger partial charge in [0.2, 0.25) is 12.2 Å². The van der Waals surface area contributed by atoms with Gasteiger partial charge in [0.25, 0.3) is 17.7 Å². The number of nitrogens with zero attached hydrogens (tertiary/aromatic N) is 7. The summed E-state index contributed by atoms with van der Waals surface area (Å²) in [5.41, 5.74) is 3.82. The van der Waals surface area contributed by atoms with E-state index in [0.717, 1.165) is 56.9 Å². The van der Waals surface area contributed by atoms with Crippen LogP contribution in [0.2, 0.25) is 0 Å². The third kappa shape index (κ3) is 17.4. The molecule has 3 fully saturated rings. The fourth-order valence-corrected chi connectivity index (χ4v) is 17.0. The highest BCUT2D eigenvalue weighted by molar-refractivity contribution is 7.22. The van der Waals surface area contributed by atoms with E-state index in [4.69, 9.17) is 29.0 Å². The molecule has 3 aromatic carbocycles. The van der Waals surface area contributed by atoms with Crippen LogP contribution in [-0.4, -0.2) is 218 Å². The van der Waals surface area contributed by atoms with Gasteiger partial charge in [0.05, 0.1) is 41.3 Å². The van der Waals surface area contributed by atoms with Crippen LogP contribution in [0.3, 0.4) is 0 Å². The van der Waals surface area contributed by atoms with Gasteiger partial charge in [-0.15, -0.1) is 0 Å². The number of aliphatic hydroxyl groups excluding tert-OH is 7. The Kier molecular flexibility index (Phi) is 22.9. The normalized spacial score (nSPS) is 24.5. The van der Waals surface area contributed by atoms with Crippen LogP contribution in [0.15, 0.2) is 91.1 Å². The molecule has 11 N–H and O–H groups in total. The maximum Gasteiger partial charge on any atom is 0.410 e. The molecule has 3 aliphatic heterocycles. The lowest BCUT2D eigenvalue weighted by atomic mass is 9.48. The number of para-hydroxylation sites is 1. The van der Waals surface area contributed by atoms with Crippen molar-refractivity contribution in [2.24, 2.45) is 16.2 Å². The Morgan fingerprint density at radius 2 is 1.60 bits per heavy atom. The van der Waals surface area contributed by atoms with Crippen LogP contribution in [0.1, 0.15) is 128 Å². The number of carboxylic acids is 2. The van der Waals surface area contributed by atoms with Gasteiger partial charge in [-0.25, -0.2) is 24.4 Å². The van der Waals surface area contributed by atoms with Crippen LogP contribution < -0.4 is 20.3 Å². The van der Waals surface area contributed by atoms with Gasteiger partial charge in [-0.05, 0) is 140 Å². The molecule has 11 atom stereocenters. The second-order valence-electron chi connectivity index (χ2n) is 29.3. The van der Waals surface area contributed by atoms with Crippen molar-refractivity contribution in [2.75, 3.05) is 56.2 Å². The fourth-order valence-electron chi connectivity index (χ4n) is 16.1. The predicted octanol–water partition coefficient (Wildman–Crippen LogP) is 4.89. The number of hydrogen-bond donors (Lipinski definition) is 11. The second kappa shape index (κ2) is 31.2. The summed E-state index contributed by atoms with van der Waals surface area (Å²) in [4.78, 5) is 103. The number of unbranched alkanes of at least 4 members (excludes halogenated alkanes) is 1. The molecule has 0 radical (unpaired) electrons. The van der Waals surface area contributed by atoms with Crippen LogP contribution in [0.4, 0.5) is 15.7 Å². The summed E-state index contributed by atoms with van der Waals surface area (Å²) in [7, 11) is 0. The largest absolute Gasteiger partial charge is 0.479 e. The minimum Gasteiger partial charge on any atom is -0.479 e. The quantitative estimate of drug-likeness (QED) is 0.0220. The predicted molar refractivity (Wildman–Crippen MR) is 372 cm³/mol. The molecule has 6 heterocycles. The minimum absolute atomic E-state index is 0.0372. The molecule has 11 rings (SSSR count). The van der Waals surface area contributed by atoms with E-state index in [1.54, 1.807) is 36.5 Å². The summed E-state index contributed by atoms with van der Waals surface area (Å²) in [5.74, 6) is -4.53. The van der Waals surface area contributed by atoms with Crippen LogP contribution in [0, 0.1) is 23.2 Å². The fraction of sp³-hybridized carbons (Fsp3) is 0.507. The van der Waals surface area contributed by atoms with Crippen molar-refractivity contribution < 1.29 is 98.5 Å². The molecule has 5 amide bonds. The van der Waals surface area contributed by atoms with Crippen molar-refractivity contribution in [2.45, 2.75) is 173 Å². The number of aromatic carboxylic acids is 1. The first-order chi connectivity index (χ1) is 48.9. The van der Waals surface area contributed by atoms with Crippen LogP contribution >= 0.6 is 11.3 Å². The number of aliphatic carboxylic acids is 1. The molecule has 2 saturated carbocycles. The zero-order valence-corrected chi connectivity index (χ0v) is 58.8. The molecule has 3 unspecified atom stereocenters. The zero-order chi connectivity index (χ0) is 73.9. The number of imide groups is 1. The molecule has 29 nitrogen and oxygen atoms in total. The molecule has 2 bridgehead atoms. The molecule has 3 aromatic heterocycles. The number of anilines is 2. The number of aliphatic hydroxyl groups is 7. The number of nitrogens with one attached hydrogen (secondary N) is 2. The number of benzene rings is 3. The summed E-state index contributed by atoms with van der Waals surface area (Å²) in [5, 5.41) is 105.